The zero-order valence-corrected chi connectivity index (χ0v) is 17.9. The maximum absolute atomic E-state index is 13.0. The van der Waals surface area contributed by atoms with Gasteiger partial charge in [-0.05, 0) is 35.9 Å². The molecule has 2 aromatic rings. The highest BCUT2D eigenvalue weighted by Crippen LogP contribution is 2.39. The number of nitro groups is 1. The van der Waals surface area contributed by atoms with Crippen LogP contribution in [0.2, 0.25) is 0 Å². The van der Waals surface area contributed by atoms with Crippen molar-refractivity contribution in [1.29, 1.82) is 0 Å². The fourth-order valence-electron chi connectivity index (χ4n) is 2.71. The van der Waals surface area contributed by atoms with E-state index in [1.807, 2.05) is 0 Å². The van der Waals surface area contributed by atoms with Gasteiger partial charge in [-0.1, -0.05) is 36.1 Å². The topological polar surface area (TPSA) is 83.7 Å². The van der Waals surface area contributed by atoms with E-state index in [0.717, 1.165) is 40.6 Å². The van der Waals surface area contributed by atoms with Crippen molar-refractivity contribution in [3.8, 4) is 0 Å². The Hall–Kier alpha value is -2.41. The summed E-state index contributed by atoms with van der Waals surface area (Å²) in [6.45, 7) is -0.137. The number of thioether (sulfide) groups is 2. The summed E-state index contributed by atoms with van der Waals surface area (Å²) in [5, 5.41) is 20.3. The molecule has 0 aromatic heterocycles. The molecule has 0 atom stereocenters. The van der Waals surface area contributed by atoms with Crippen molar-refractivity contribution in [2.45, 2.75) is 11.1 Å². The second kappa shape index (κ2) is 9.39. The van der Waals surface area contributed by atoms with Gasteiger partial charge in [-0.2, -0.15) is 13.2 Å². The zero-order valence-electron chi connectivity index (χ0n) is 15.5. The Morgan fingerprint density at radius 2 is 2.00 bits per heavy atom. The van der Waals surface area contributed by atoms with Crippen molar-refractivity contribution in [1.82, 2.24) is 0 Å². The van der Waals surface area contributed by atoms with E-state index in [2.05, 4.69) is 0 Å². The number of amides is 1. The maximum atomic E-state index is 13.0. The molecule has 1 saturated heterocycles. The van der Waals surface area contributed by atoms with Gasteiger partial charge in [0.15, 0.2) is 4.32 Å². The number of thiocarbonyl (C=S) groups is 1. The van der Waals surface area contributed by atoms with Gasteiger partial charge < -0.3 is 5.11 Å². The Morgan fingerprint density at radius 3 is 2.65 bits per heavy atom. The fourth-order valence-corrected chi connectivity index (χ4v) is 4.76. The molecule has 0 unspecified atom stereocenters. The predicted molar refractivity (Wildman–Crippen MR) is 118 cm³/mol. The zero-order chi connectivity index (χ0) is 22.8. The molecule has 0 spiro atoms. The molecule has 0 saturated carbocycles. The largest absolute Gasteiger partial charge is 0.416 e. The van der Waals surface area contributed by atoms with Gasteiger partial charge in [-0.25, -0.2) is 0 Å². The predicted octanol–water partition coefficient (Wildman–Crippen LogP) is 5.10. The minimum Gasteiger partial charge on any atom is -0.396 e. The van der Waals surface area contributed by atoms with Crippen LogP contribution in [-0.4, -0.2) is 32.6 Å². The Bertz CT molecular complexity index is 1090. The summed E-state index contributed by atoms with van der Waals surface area (Å²) in [5.41, 5.74) is -0.734. The number of rotatable bonds is 6. The Balaban J connectivity index is 1.92. The van der Waals surface area contributed by atoms with Gasteiger partial charge in [0.25, 0.3) is 11.6 Å². The Morgan fingerprint density at radius 1 is 1.26 bits per heavy atom. The molecule has 0 bridgehead atoms. The standard InChI is InChI=1S/C19H13F3N2O4S3/c20-19(21,22)12-2-1-3-13(10-12)23-17(26)16(31-18(23)29)9-11-4-5-15(30-7-6-25)14(8-11)24(27)28/h1-5,8-10,25H,6-7H2/b16-9+. The first kappa shape index (κ1) is 23.3. The van der Waals surface area contributed by atoms with Crippen molar-refractivity contribution in [2.24, 2.45) is 0 Å². The van der Waals surface area contributed by atoms with Gasteiger partial charge in [0.1, 0.15) is 0 Å². The van der Waals surface area contributed by atoms with Crippen LogP contribution in [0.4, 0.5) is 24.5 Å². The first-order valence-electron chi connectivity index (χ1n) is 8.59. The third-order valence-electron chi connectivity index (χ3n) is 4.05. The van der Waals surface area contributed by atoms with Crippen molar-refractivity contribution in [3.05, 3.63) is 68.6 Å². The van der Waals surface area contributed by atoms with Gasteiger partial charge >= 0.3 is 6.18 Å². The van der Waals surface area contributed by atoms with Crippen LogP contribution in [0.1, 0.15) is 11.1 Å². The molecule has 12 heteroatoms. The number of halogens is 3. The number of anilines is 1. The molecule has 2 aromatic carbocycles. The summed E-state index contributed by atoms with van der Waals surface area (Å²) in [5.74, 6) is -0.328. The van der Waals surface area contributed by atoms with Crippen LogP contribution in [0.3, 0.4) is 0 Å². The third-order valence-corrected chi connectivity index (χ3v) is 6.40. The molecule has 0 aliphatic carbocycles. The number of aliphatic hydroxyl groups is 1. The number of hydrogen-bond acceptors (Lipinski definition) is 7. The summed E-state index contributed by atoms with van der Waals surface area (Å²) in [6, 6.07) is 8.64. The molecule has 1 aliphatic rings. The van der Waals surface area contributed by atoms with Gasteiger partial charge in [0, 0.05) is 11.8 Å². The van der Waals surface area contributed by atoms with Crippen LogP contribution in [0.5, 0.6) is 0 Å². The highest BCUT2D eigenvalue weighted by Gasteiger charge is 2.36. The molecule has 1 aliphatic heterocycles. The first-order valence-corrected chi connectivity index (χ1v) is 10.8. The van der Waals surface area contributed by atoms with E-state index >= 15 is 0 Å². The fraction of sp³-hybridized carbons (Fsp3) is 0.158. The number of aliphatic hydroxyl groups excluding tert-OH is 1. The quantitative estimate of drug-likeness (QED) is 0.200. The van der Waals surface area contributed by atoms with Gasteiger partial charge in [-0.15, -0.1) is 11.8 Å². The summed E-state index contributed by atoms with van der Waals surface area (Å²) in [6.07, 6.45) is -3.17. The molecule has 0 radical (unpaired) electrons. The van der Waals surface area contributed by atoms with Crippen LogP contribution in [0.25, 0.3) is 6.08 Å². The SMILES string of the molecule is O=C1/C(=C\c2ccc(SCCO)c([N+](=O)[O-])c2)SC(=S)N1c1cccc(C(F)(F)F)c1. The molecular formula is C19H13F3N2O4S3. The molecule has 1 fully saturated rings. The number of carbonyl (C=O) groups excluding carboxylic acids is 1. The van der Waals surface area contributed by atoms with E-state index in [4.69, 9.17) is 17.3 Å². The minimum atomic E-state index is -4.57. The summed E-state index contributed by atoms with van der Waals surface area (Å²) in [7, 11) is 0. The summed E-state index contributed by atoms with van der Waals surface area (Å²) < 4.78 is 39.1. The second-order valence-electron chi connectivity index (χ2n) is 6.12. The van der Waals surface area contributed by atoms with Gasteiger partial charge in [-0.3, -0.25) is 19.8 Å². The maximum Gasteiger partial charge on any atom is 0.416 e. The number of alkyl halides is 3. The molecule has 162 valence electrons. The van der Waals surface area contributed by atoms with Crippen LogP contribution in [0.15, 0.2) is 52.3 Å². The summed E-state index contributed by atoms with van der Waals surface area (Å²) >= 11 is 7.20. The van der Waals surface area contributed by atoms with Crippen molar-refractivity contribution in [3.63, 3.8) is 0 Å². The van der Waals surface area contributed by atoms with E-state index in [-0.39, 0.29) is 33.0 Å². The minimum absolute atomic E-state index is 0.0116. The van der Waals surface area contributed by atoms with E-state index in [1.165, 1.54) is 30.3 Å². The highest BCUT2D eigenvalue weighted by atomic mass is 32.2. The average Bonchev–Trinajstić information content (AvgIpc) is 2.99. The normalized spacial score (nSPS) is 15.7. The van der Waals surface area contributed by atoms with E-state index < -0.39 is 22.6 Å². The van der Waals surface area contributed by atoms with Crippen LogP contribution in [0, 0.1) is 10.1 Å². The number of carbonyl (C=O) groups is 1. The lowest BCUT2D eigenvalue weighted by Crippen LogP contribution is -2.27. The van der Waals surface area contributed by atoms with Crippen molar-refractivity contribution in [2.75, 3.05) is 17.3 Å². The monoisotopic (exact) mass is 486 g/mol. The lowest BCUT2D eigenvalue weighted by atomic mass is 10.1. The van der Waals surface area contributed by atoms with Crippen molar-refractivity contribution >= 4 is 63.4 Å². The molecule has 6 nitrogen and oxygen atoms in total. The molecule has 1 amide bonds. The van der Waals surface area contributed by atoms with Gasteiger partial charge in [0.05, 0.1) is 32.6 Å². The molecule has 1 heterocycles. The smallest absolute Gasteiger partial charge is 0.396 e. The number of benzene rings is 2. The molecule has 1 N–H and O–H groups in total. The lowest BCUT2D eigenvalue weighted by Gasteiger charge is -2.16. The molecule has 31 heavy (non-hydrogen) atoms. The highest BCUT2D eigenvalue weighted by molar-refractivity contribution is 8.27. The number of hydrogen-bond donors (Lipinski definition) is 1. The van der Waals surface area contributed by atoms with Crippen LogP contribution < -0.4 is 4.90 Å². The van der Waals surface area contributed by atoms with E-state index in [1.54, 1.807) is 6.07 Å². The Kier molecular flexibility index (Phi) is 7.04. The van der Waals surface area contributed by atoms with E-state index in [0.29, 0.717) is 10.5 Å². The first-order chi connectivity index (χ1) is 14.6. The van der Waals surface area contributed by atoms with Crippen LogP contribution in [-0.2, 0) is 11.0 Å². The molecule has 3 rings (SSSR count). The lowest BCUT2D eigenvalue weighted by molar-refractivity contribution is -0.387. The second-order valence-corrected chi connectivity index (χ2v) is 8.93. The van der Waals surface area contributed by atoms with Gasteiger partial charge in [0.2, 0.25) is 0 Å². The Labute approximate surface area is 188 Å². The van der Waals surface area contributed by atoms with Crippen LogP contribution >= 0.6 is 35.7 Å². The average molecular weight is 487 g/mol. The van der Waals surface area contributed by atoms with Crippen molar-refractivity contribution < 1.29 is 28.0 Å². The molecular weight excluding hydrogens is 473 g/mol. The summed E-state index contributed by atoms with van der Waals surface area (Å²) in [4.78, 5) is 25.1. The number of nitrogens with zero attached hydrogens (tertiary/aromatic N) is 2. The third kappa shape index (κ3) is 5.26. The number of nitro benzene ring substituents is 1. The van der Waals surface area contributed by atoms with E-state index in [9.17, 15) is 28.1 Å².